The van der Waals surface area contributed by atoms with Gasteiger partial charge in [0.15, 0.2) is 6.61 Å². The minimum absolute atomic E-state index is 0.191. The number of esters is 1. The van der Waals surface area contributed by atoms with Crippen LogP contribution in [0, 0.1) is 0 Å². The van der Waals surface area contributed by atoms with Gasteiger partial charge in [-0.25, -0.2) is 4.79 Å². The van der Waals surface area contributed by atoms with Crippen LogP contribution in [0.2, 0.25) is 0 Å². The van der Waals surface area contributed by atoms with Gasteiger partial charge in [0.2, 0.25) is 0 Å². The molecule has 0 radical (unpaired) electrons. The average Bonchev–Trinajstić information content (AvgIpc) is 2.69. The van der Waals surface area contributed by atoms with Crippen molar-refractivity contribution in [2.75, 3.05) is 31.7 Å². The van der Waals surface area contributed by atoms with Crippen LogP contribution in [0.15, 0.2) is 42.5 Å². The van der Waals surface area contributed by atoms with Crippen molar-refractivity contribution in [2.24, 2.45) is 0 Å². The van der Waals surface area contributed by atoms with Crippen LogP contribution in [0.5, 0.6) is 17.2 Å². The molecule has 150 valence electrons. The Morgan fingerprint density at radius 3 is 2.14 bits per heavy atom. The lowest BCUT2D eigenvalue weighted by Crippen LogP contribution is -2.20. The van der Waals surface area contributed by atoms with Crippen LogP contribution in [0.25, 0.3) is 0 Å². The minimum atomic E-state index is -0.399. The summed E-state index contributed by atoms with van der Waals surface area (Å²) in [6.45, 7) is 6.61. The Kier molecular flexibility index (Phi) is 8.14. The van der Waals surface area contributed by atoms with Crippen molar-refractivity contribution in [1.82, 2.24) is 0 Å². The number of carbonyl (C=O) groups is 2. The van der Waals surface area contributed by atoms with E-state index in [1.165, 1.54) is 0 Å². The summed E-state index contributed by atoms with van der Waals surface area (Å²) in [5.41, 5.74) is 0.937. The quantitative estimate of drug-likeness (QED) is 0.626. The molecule has 0 aliphatic rings. The number of nitrogens with one attached hydrogen (secondary N) is 1. The highest BCUT2D eigenvalue weighted by molar-refractivity contribution is 5.93. The first-order valence-corrected chi connectivity index (χ1v) is 9.16. The van der Waals surface area contributed by atoms with Gasteiger partial charge < -0.3 is 24.3 Å². The van der Waals surface area contributed by atoms with Gasteiger partial charge in [0, 0.05) is 6.07 Å². The molecule has 0 aliphatic carbocycles. The predicted octanol–water partition coefficient (Wildman–Crippen LogP) is 3.68. The van der Waals surface area contributed by atoms with Crippen molar-refractivity contribution in [3.8, 4) is 17.2 Å². The zero-order valence-electron chi connectivity index (χ0n) is 16.3. The van der Waals surface area contributed by atoms with E-state index in [2.05, 4.69) is 5.32 Å². The third kappa shape index (κ3) is 6.19. The number of amides is 1. The van der Waals surface area contributed by atoms with Crippen LogP contribution < -0.4 is 19.5 Å². The molecule has 2 aromatic rings. The van der Waals surface area contributed by atoms with Crippen molar-refractivity contribution in [3.63, 3.8) is 0 Å². The van der Waals surface area contributed by atoms with E-state index in [9.17, 15) is 9.59 Å². The van der Waals surface area contributed by atoms with E-state index in [0.29, 0.717) is 48.3 Å². The van der Waals surface area contributed by atoms with E-state index in [-0.39, 0.29) is 12.5 Å². The summed E-state index contributed by atoms with van der Waals surface area (Å²) in [7, 11) is 0. The standard InChI is InChI=1S/C21H25NO6/c1-4-25-17-11-12-19(26-5-2)18(13-17)22-20(23)14-28-16-9-7-15(8-10-16)21(24)27-6-3/h7-13H,4-6,14H2,1-3H3,(H,22,23). The second-order valence-electron chi connectivity index (χ2n) is 5.61. The number of benzene rings is 2. The summed E-state index contributed by atoms with van der Waals surface area (Å²) in [6, 6.07) is 11.6. The zero-order chi connectivity index (χ0) is 20.4. The van der Waals surface area contributed by atoms with Crippen molar-refractivity contribution < 1.29 is 28.5 Å². The predicted molar refractivity (Wildman–Crippen MR) is 105 cm³/mol. The van der Waals surface area contributed by atoms with Gasteiger partial charge in [-0.2, -0.15) is 0 Å². The van der Waals surface area contributed by atoms with E-state index < -0.39 is 5.97 Å². The van der Waals surface area contributed by atoms with E-state index in [0.717, 1.165) is 0 Å². The lowest BCUT2D eigenvalue weighted by molar-refractivity contribution is -0.118. The maximum Gasteiger partial charge on any atom is 0.338 e. The summed E-state index contributed by atoms with van der Waals surface area (Å²) in [5, 5.41) is 2.77. The Hall–Kier alpha value is -3.22. The third-order valence-corrected chi connectivity index (χ3v) is 3.57. The second-order valence-corrected chi connectivity index (χ2v) is 5.61. The summed E-state index contributed by atoms with van der Waals surface area (Å²) < 4.78 is 21.4. The molecule has 7 nitrogen and oxygen atoms in total. The molecule has 1 N–H and O–H groups in total. The molecule has 0 saturated carbocycles. The first-order chi connectivity index (χ1) is 13.6. The molecule has 7 heteroatoms. The molecule has 0 atom stereocenters. The number of hydrogen-bond acceptors (Lipinski definition) is 6. The van der Waals surface area contributed by atoms with Gasteiger partial charge in [0.1, 0.15) is 17.2 Å². The highest BCUT2D eigenvalue weighted by atomic mass is 16.5. The van der Waals surface area contributed by atoms with Crippen molar-refractivity contribution in [1.29, 1.82) is 0 Å². The summed E-state index contributed by atoms with van der Waals surface area (Å²) >= 11 is 0. The van der Waals surface area contributed by atoms with Crippen molar-refractivity contribution >= 4 is 17.6 Å². The molecule has 1 amide bonds. The fourth-order valence-corrected chi connectivity index (χ4v) is 2.38. The molecular weight excluding hydrogens is 362 g/mol. The lowest BCUT2D eigenvalue weighted by atomic mass is 10.2. The maximum atomic E-state index is 12.3. The van der Waals surface area contributed by atoms with Crippen molar-refractivity contribution in [2.45, 2.75) is 20.8 Å². The van der Waals surface area contributed by atoms with Gasteiger partial charge in [-0.15, -0.1) is 0 Å². The van der Waals surface area contributed by atoms with Gasteiger partial charge in [-0.1, -0.05) is 0 Å². The molecule has 0 heterocycles. The average molecular weight is 387 g/mol. The van der Waals surface area contributed by atoms with Crippen LogP contribution in [0.4, 0.5) is 5.69 Å². The van der Waals surface area contributed by atoms with Gasteiger partial charge in [-0.05, 0) is 57.2 Å². The van der Waals surface area contributed by atoms with Crippen LogP contribution >= 0.6 is 0 Å². The zero-order valence-corrected chi connectivity index (χ0v) is 16.3. The summed E-state index contributed by atoms with van der Waals surface area (Å²) in [6.07, 6.45) is 0. The van der Waals surface area contributed by atoms with E-state index in [4.69, 9.17) is 18.9 Å². The topological polar surface area (TPSA) is 83.1 Å². The Bertz CT molecular complexity index is 788. The number of ether oxygens (including phenoxy) is 4. The first-order valence-electron chi connectivity index (χ1n) is 9.16. The fraction of sp³-hybridized carbons (Fsp3) is 0.333. The molecule has 28 heavy (non-hydrogen) atoms. The number of rotatable bonds is 10. The number of anilines is 1. The Morgan fingerprint density at radius 2 is 1.50 bits per heavy atom. The van der Waals surface area contributed by atoms with E-state index in [1.807, 2.05) is 13.8 Å². The maximum absolute atomic E-state index is 12.3. The SMILES string of the molecule is CCOC(=O)c1ccc(OCC(=O)Nc2cc(OCC)ccc2OCC)cc1. The molecular formula is C21H25NO6. The van der Waals surface area contributed by atoms with Crippen LogP contribution in [-0.4, -0.2) is 38.3 Å². The molecule has 2 rings (SSSR count). The van der Waals surface area contributed by atoms with Crippen LogP contribution in [0.3, 0.4) is 0 Å². The summed E-state index contributed by atoms with van der Waals surface area (Å²) in [5.74, 6) is 0.916. The molecule has 0 bridgehead atoms. The van der Waals surface area contributed by atoms with Crippen molar-refractivity contribution in [3.05, 3.63) is 48.0 Å². The largest absolute Gasteiger partial charge is 0.494 e. The monoisotopic (exact) mass is 387 g/mol. The second kappa shape index (κ2) is 10.8. The number of hydrogen-bond donors (Lipinski definition) is 1. The lowest BCUT2D eigenvalue weighted by Gasteiger charge is -2.14. The molecule has 0 fully saturated rings. The minimum Gasteiger partial charge on any atom is -0.494 e. The number of carbonyl (C=O) groups excluding carboxylic acids is 2. The normalized spacial score (nSPS) is 10.1. The molecule has 0 aromatic heterocycles. The van der Waals surface area contributed by atoms with E-state index >= 15 is 0 Å². The third-order valence-electron chi connectivity index (χ3n) is 3.57. The molecule has 2 aromatic carbocycles. The highest BCUT2D eigenvalue weighted by Crippen LogP contribution is 2.29. The first kappa shape index (κ1) is 21.1. The van der Waals surface area contributed by atoms with Gasteiger partial charge >= 0.3 is 5.97 Å². The highest BCUT2D eigenvalue weighted by Gasteiger charge is 2.11. The molecule has 0 aliphatic heterocycles. The fourth-order valence-electron chi connectivity index (χ4n) is 2.38. The molecule has 0 unspecified atom stereocenters. The van der Waals surface area contributed by atoms with Gasteiger partial charge in [0.25, 0.3) is 5.91 Å². The summed E-state index contributed by atoms with van der Waals surface area (Å²) in [4.78, 5) is 23.9. The van der Waals surface area contributed by atoms with Crippen LogP contribution in [0.1, 0.15) is 31.1 Å². The molecule has 0 saturated heterocycles. The Morgan fingerprint density at radius 1 is 0.821 bits per heavy atom. The van der Waals surface area contributed by atoms with Crippen LogP contribution in [-0.2, 0) is 9.53 Å². The van der Waals surface area contributed by atoms with Gasteiger partial charge in [-0.3, -0.25) is 4.79 Å². The molecule has 0 spiro atoms. The van der Waals surface area contributed by atoms with Gasteiger partial charge in [0.05, 0.1) is 31.1 Å². The van der Waals surface area contributed by atoms with E-state index in [1.54, 1.807) is 49.4 Å². The Balaban J connectivity index is 1.96. The smallest absolute Gasteiger partial charge is 0.338 e. The Labute approximate surface area is 164 Å².